The maximum Gasteiger partial charge on any atom is 0.339 e. The first-order valence-corrected chi connectivity index (χ1v) is 11.8. The average molecular weight is 475 g/mol. The lowest BCUT2D eigenvalue weighted by atomic mass is 9.95. The molecule has 1 N–H and O–H groups in total. The van der Waals surface area contributed by atoms with E-state index in [4.69, 9.17) is 0 Å². The first-order chi connectivity index (χ1) is 15.2. The van der Waals surface area contributed by atoms with Crippen molar-refractivity contribution in [2.45, 2.75) is 39.5 Å². The maximum atomic E-state index is 12.6. The summed E-state index contributed by atoms with van der Waals surface area (Å²) in [5, 5.41) is 10.1. The predicted molar refractivity (Wildman–Crippen MR) is 121 cm³/mol. The van der Waals surface area contributed by atoms with Gasteiger partial charge in [0, 0.05) is 16.3 Å². The van der Waals surface area contributed by atoms with E-state index >= 15 is 0 Å². The zero-order valence-electron chi connectivity index (χ0n) is 17.9. The molecule has 4 rings (SSSR count). The van der Waals surface area contributed by atoms with Gasteiger partial charge in [0.2, 0.25) is 0 Å². The molecule has 0 saturated carbocycles. The molecule has 2 aromatic heterocycles. The molecule has 8 nitrogen and oxygen atoms in total. The van der Waals surface area contributed by atoms with Crippen LogP contribution in [0.4, 0.5) is 4.79 Å². The third-order valence-corrected chi connectivity index (χ3v) is 7.90. The fourth-order valence-electron chi connectivity index (χ4n) is 4.15. The van der Waals surface area contributed by atoms with Crippen molar-refractivity contribution in [3.05, 3.63) is 43.9 Å². The highest BCUT2D eigenvalue weighted by molar-refractivity contribution is 8.18. The summed E-state index contributed by atoms with van der Waals surface area (Å²) in [5.41, 5.74) is 3.62. The fraction of sp³-hybridized carbons (Fsp3) is 0.364. The van der Waals surface area contributed by atoms with Gasteiger partial charge in [-0.1, -0.05) is 0 Å². The fourth-order valence-corrected chi connectivity index (χ4v) is 6.47. The number of carbonyl (C=O) groups is 4. The number of thiophene rings is 1. The van der Waals surface area contributed by atoms with E-state index in [0.717, 1.165) is 64.2 Å². The summed E-state index contributed by atoms with van der Waals surface area (Å²) in [7, 11) is 1.19. The number of carboxylic acids is 1. The van der Waals surface area contributed by atoms with E-state index in [1.807, 2.05) is 24.5 Å². The number of ether oxygens (including phenoxy) is 1. The van der Waals surface area contributed by atoms with E-state index in [-0.39, 0.29) is 4.91 Å². The predicted octanol–water partition coefficient (Wildman–Crippen LogP) is 3.94. The number of hydrogen-bond acceptors (Lipinski definition) is 7. The molecule has 2 aliphatic rings. The highest BCUT2D eigenvalue weighted by atomic mass is 32.2. The molecule has 3 heterocycles. The normalized spacial score (nSPS) is 17.2. The third-order valence-electron chi connectivity index (χ3n) is 5.72. The molecule has 1 saturated heterocycles. The summed E-state index contributed by atoms with van der Waals surface area (Å²) in [6, 6.07) is 1.87. The van der Waals surface area contributed by atoms with E-state index in [0.29, 0.717) is 16.1 Å². The summed E-state index contributed by atoms with van der Waals surface area (Å²) in [5.74, 6) is -2.15. The highest BCUT2D eigenvalue weighted by Gasteiger charge is 2.37. The molecule has 32 heavy (non-hydrogen) atoms. The number of esters is 1. The van der Waals surface area contributed by atoms with Gasteiger partial charge in [0.1, 0.15) is 11.5 Å². The lowest BCUT2D eigenvalue weighted by Gasteiger charge is -2.11. The summed E-state index contributed by atoms with van der Waals surface area (Å²) in [6.45, 7) is 3.32. The molecule has 1 fully saturated rings. The number of carbonyl (C=O) groups excluding carboxylic acids is 3. The Morgan fingerprint density at radius 1 is 1.22 bits per heavy atom. The summed E-state index contributed by atoms with van der Waals surface area (Å²) in [6.07, 6.45) is 5.32. The Hall–Kier alpha value is -2.85. The molecular formula is C22H22N2O6S2. The van der Waals surface area contributed by atoms with Crippen LogP contribution in [0, 0.1) is 13.8 Å². The van der Waals surface area contributed by atoms with Gasteiger partial charge in [-0.25, -0.2) is 4.79 Å². The number of carboxylic acid groups (broad SMARTS) is 1. The number of aryl methyl sites for hydroxylation is 2. The Kier molecular flexibility index (Phi) is 6.00. The number of aromatic nitrogens is 1. The zero-order chi connectivity index (χ0) is 23.2. The molecule has 0 spiro atoms. The number of fused-ring (bicyclic) bond motifs is 1. The second kappa shape index (κ2) is 8.59. The number of rotatable bonds is 5. The van der Waals surface area contributed by atoms with Crippen LogP contribution in [-0.2, 0) is 27.2 Å². The number of thioether (sulfide) groups is 1. The van der Waals surface area contributed by atoms with Crippen molar-refractivity contribution in [3.8, 4) is 5.00 Å². The van der Waals surface area contributed by atoms with Gasteiger partial charge in [0.05, 0.1) is 17.6 Å². The molecular weight excluding hydrogens is 452 g/mol. The van der Waals surface area contributed by atoms with Crippen molar-refractivity contribution in [1.82, 2.24) is 9.47 Å². The Bertz CT molecular complexity index is 1190. The first-order valence-electron chi connectivity index (χ1n) is 10.1. The van der Waals surface area contributed by atoms with Crippen LogP contribution < -0.4 is 0 Å². The maximum absolute atomic E-state index is 12.6. The number of aromatic carboxylic acids is 1. The molecule has 10 heteroatoms. The van der Waals surface area contributed by atoms with E-state index in [2.05, 4.69) is 4.74 Å². The first kappa shape index (κ1) is 22.3. The van der Waals surface area contributed by atoms with Crippen LogP contribution in [-0.4, -0.2) is 51.3 Å². The molecule has 0 aromatic carbocycles. The highest BCUT2D eigenvalue weighted by Crippen LogP contribution is 2.39. The lowest BCUT2D eigenvalue weighted by Crippen LogP contribution is -2.34. The van der Waals surface area contributed by atoms with Crippen LogP contribution >= 0.6 is 23.1 Å². The summed E-state index contributed by atoms with van der Waals surface area (Å²) >= 11 is 2.28. The standard InChI is InChI=1S/C22H22N2O6S2/c1-11-8-13(9-16-19(26)23(22(29)32-16)10-17(25)30-3)12(2)24(11)20-18(21(27)28)14-6-4-5-7-15(14)31-20/h8-9H,4-7,10H2,1-3H3,(H,27,28). The minimum Gasteiger partial charge on any atom is -0.478 e. The van der Waals surface area contributed by atoms with Gasteiger partial charge >= 0.3 is 11.9 Å². The Balaban J connectivity index is 1.74. The number of methoxy groups -OCH3 is 1. The SMILES string of the molecule is COC(=O)CN1C(=O)SC(=Cc2cc(C)n(-c3sc4c(c3C(=O)O)CCCC4)c2C)C1=O. The number of amides is 2. The molecule has 2 aromatic rings. The van der Waals surface area contributed by atoms with Crippen LogP contribution in [0.1, 0.15) is 50.6 Å². The number of hydrogen-bond donors (Lipinski definition) is 1. The topological polar surface area (TPSA) is 106 Å². The monoisotopic (exact) mass is 474 g/mol. The molecule has 0 atom stereocenters. The average Bonchev–Trinajstić information content (AvgIpc) is 3.35. The molecule has 2 amide bonds. The van der Waals surface area contributed by atoms with Gasteiger partial charge in [-0.05, 0) is 74.6 Å². The van der Waals surface area contributed by atoms with E-state index < -0.39 is 29.6 Å². The van der Waals surface area contributed by atoms with Crippen molar-refractivity contribution >= 4 is 52.3 Å². The van der Waals surface area contributed by atoms with Crippen molar-refractivity contribution in [1.29, 1.82) is 0 Å². The largest absolute Gasteiger partial charge is 0.478 e. The van der Waals surface area contributed by atoms with Gasteiger partial charge in [-0.15, -0.1) is 11.3 Å². The van der Waals surface area contributed by atoms with Crippen LogP contribution in [0.5, 0.6) is 0 Å². The third kappa shape index (κ3) is 3.77. The minimum absolute atomic E-state index is 0.211. The lowest BCUT2D eigenvalue weighted by molar-refractivity contribution is -0.143. The minimum atomic E-state index is -0.933. The molecule has 0 unspecified atom stereocenters. The van der Waals surface area contributed by atoms with Crippen LogP contribution in [0.2, 0.25) is 0 Å². The van der Waals surface area contributed by atoms with Crippen molar-refractivity contribution in [2.75, 3.05) is 13.7 Å². The second-order valence-corrected chi connectivity index (χ2v) is 9.78. The van der Waals surface area contributed by atoms with Crippen LogP contribution in [0.3, 0.4) is 0 Å². The van der Waals surface area contributed by atoms with E-state index in [1.54, 1.807) is 6.08 Å². The molecule has 0 radical (unpaired) electrons. The molecule has 1 aliphatic heterocycles. The van der Waals surface area contributed by atoms with Gasteiger partial charge in [-0.2, -0.15) is 0 Å². The van der Waals surface area contributed by atoms with E-state index in [1.165, 1.54) is 18.4 Å². The van der Waals surface area contributed by atoms with Crippen molar-refractivity contribution in [2.24, 2.45) is 0 Å². The van der Waals surface area contributed by atoms with Crippen molar-refractivity contribution < 1.29 is 29.0 Å². The van der Waals surface area contributed by atoms with E-state index in [9.17, 15) is 24.3 Å². The summed E-state index contributed by atoms with van der Waals surface area (Å²) < 4.78 is 6.46. The number of nitrogens with zero attached hydrogens (tertiary/aromatic N) is 2. The second-order valence-electron chi connectivity index (χ2n) is 7.70. The van der Waals surface area contributed by atoms with Gasteiger partial charge in [0.15, 0.2) is 0 Å². The number of imide groups is 1. The summed E-state index contributed by atoms with van der Waals surface area (Å²) in [4.78, 5) is 50.7. The van der Waals surface area contributed by atoms with Gasteiger partial charge in [-0.3, -0.25) is 19.3 Å². The van der Waals surface area contributed by atoms with Crippen molar-refractivity contribution in [3.63, 3.8) is 0 Å². The molecule has 1 aliphatic carbocycles. The molecule has 0 bridgehead atoms. The zero-order valence-corrected chi connectivity index (χ0v) is 19.5. The van der Waals surface area contributed by atoms with Gasteiger partial charge in [0.25, 0.3) is 11.1 Å². The van der Waals surface area contributed by atoms with Gasteiger partial charge < -0.3 is 14.4 Å². The Morgan fingerprint density at radius 3 is 2.62 bits per heavy atom. The molecule has 168 valence electrons. The Labute approximate surface area is 192 Å². The Morgan fingerprint density at radius 2 is 1.94 bits per heavy atom. The van der Waals surface area contributed by atoms with Crippen LogP contribution in [0.15, 0.2) is 11.0 Å². The van der Waals surface area contributed by atoms with Crippen LogP contribution in [0.25, 0.3) is 11.1 Å². The smallest absolute Gasteiger partial charge is 0.339 e. The quantitative estimate of drug-likeness (QED) is 0.517.